The second kappa shape index (κ2) is 10.6. The molecular formula is C23H28ClN3O4. The van der Waals surface area contributed by atoms with Crippen molar-refractivity contribution in [3.05, 3.63) is 72.1 Å². The van der Waals surface area contributed by atoms with Gasteiger partial charge in [-0.15, -0.1) is 16.7 Å². The van der Waals surface area contributed by atoms with Crippen LogP contribution >= 0.6 is 11.6 Å². The Morgan fingerprint density at radius 1 is 0.903 bits per heavy atom. The number of benzene rings is 2. The van der Waals surface area contributed by atoms with Crippen LogP contribution in [0.15, 0.2) is 60.9 Å². The molecule has 2 aromatic carbocycles. The lowest BCUT2D eigenvalue weighted by atomic mass is 9.78. The van der Waals surface area contributed by atoms with E-state index >= 15 is 0 Å². The molecule has 1 aromatic heterocycles. The molecule has 0 aliphatic heterocycles. The predicted octanol–water partition coefficient (Wildman–Crippen LogP) is 3.02. The summed E-state index contributed by atoms with van der Waals surface area (Å²) in [5, 5.41) is 27.1. The van der Waals surface area contributed by atoms with Gasteiger partial charge in [0.25, 0.3) is 0 Å². The van der Waals surface area contributed by atoms with E-state index < -0.39 is 12.2 Å². The minimum Gasteiger partial charge on any atom is -0.491 e. The van der Waals surface area contributed by atoms with E-state index in [-0.39, 0.29) is 24.5 Å². The Morgan fingerprint density at radius 2 is 1.42 bits per heavy atom. The standard InChI is InChI=1S/C23H28ClN3O4/c1-23(2,17-3-7-21(8-4-17)30-15-19(28)13-24)18-5-9-22(10-6-18)31-16-20(29)14-27-12-11-25-26-27/h3-12,19-20,28-29H,13-16H2,1-2H3/t19-,20-/m0/s1. The first-order valence-electron chi connectivity index (χ1n) is 10.1. The first-order valence-corrected chi connectivity index (χ1v) is 10.6. The van der Waals surface area contributed by atoms with E-state index in [1.54, 1.807) is 17.1 Å². The number of hydrogen-bond acceptors (Lipinski definition) is 6. The molecule has 0 bridgehead atoms. The molecule has 0 amide bonds. The zero-order valence-corrected chi connectivity index (χ0v) is 18.4. The van der Waals surface area contributed by atoms with Crippen molar-refractivity contribution in [1.82, 2.24) is 15.0 Å². The van der Waals surface area contributed by atoms with Gasteiger partial charge in [0.05, 0.1) is 18.6 Å². The second-order valence-corrected chi connectivity index (χ2v) is 8.19. The van der Waals surface area contributed by atoms with E-state index in [4.69, 9.17) is 21.1 Å². The number of halogens is 1. The van der Waals surface area contributed by atoms with E-state index in [1.807, 2.05) is 48.5 Å². The molecule has 0 saturated heterocycles. The predicted molar refractivity (Wildman–Crippen MR) is 119 cm³/mol. The molecular weight excluding hydrogens is 418 g/mol. The van der Waals surface area contributed by atoms with Crippen molar-refractivity contribution < 1.29 is 19.7 Å². The summed E-state index contributed by atoms with van der Waals surface area (Å²) in [5.74, 6) is 1.53. The van der Waals surface area contributed by atoms with E-state index in [9.17, 15) is 10.2 Å². The molecule has 0 unspecified atom stereocenters. The van der Waals surface area contributed by atoms with Gasteiger partial charge in [0.2, 0.25) is 0 Å². The summed E-state index contributed by atoms with van der Waals surface area (Å²) in [5.41, 5.74) is 2.04. The Balaban J connectivity index is 1.57. The van der Waals surface area contributed by atoms with Gasteiger partial charge in [-0.3, -0.25) is 0 Å². The number of aliphatic hydroxyl groups is 2. The number of hydrogen-bond donors (Lipinski definition) is 2. The van der Waals surface area contributed by atoms with Crippen molar-refractivity contribution in [2.75, 3.05) is 19.1 Å². The number of rotatable bonds is 11. The fraction of sp³-hybridized carbons (Fsp3) is 0.391. The van der Waals surface area contributed by atoms with Gasteiger partial charge in [-0.1, -0.05) is 43.3 Å². The highest BCUT2D eigenvalue weighted by molar-refractivity contribution is 6.18. The van der Waals surface area contributed by atoms with Crippen LogP contribution in [0.2, 0.25) is 0 Å². The third-order valence-corrected chi connectivity index (χ3v) is 5.44. The van der Waals surface area contributed by atoms with E-state index in [1.165, 1.54) is 0 Å². The highest BCUT2D eigenvalue weighted by atomic mass is 35.5. The molecule has 2 atom stereocenters. The van der Waals surface area contributed by atoms with Gasteiger partial charge in [-0.25, -0.2) is 4.68 Å². The van der Waals surface area contributed by atoms with Crippen LogP contribution in [0.1, 0.15) is 25.0 Å². The Kier molecular flexibility index (Phi) is 7.90. The highest BCUT2D eigenvalue weighted by Crippen LogP contribution is 2.33. The summed E-state index contributed by atoms with van der Waals surface area (Å²) >= 11 is 5.59. The van der Waals surface area contributed by atoms with E-state index in [0.29, 0.717) is 18.0 Å². The Bertz CT molecular complexity index is 915. The summed E-state index contributed by atoms with van der Waals surface area (Å²) in [6, 6.07) is 15.7. The zero-order valence-electron chi connectivity index (χ0n) is 17.7. The average Bonchev–Trinajstić information content (AvgIpc) is 3.29. The number of alkyl halides is 1. The fourth-order valence-corrected chi connectivity index (χ4v) is 3.22. The Hall–Kier alpha value is -2.61. The molecule has 0 saturated carbocycles. The molecule has 0 fully saturated rings. The summed E-state index contributed by atoms with van der Waals surface area (Å²) in [6.07, 6.45) is 1.91. The smallest absolute Gasteiger partial charge is 0.119 e. The van der Waals surface area contributed by atoms with Crippen molar-refractivity contribution in [2.45, 2.75) is 38.0 Å². The maximum absolute atomic E-state index is 10.1. The SMILES string of the molecule is CC(C)(c1ccc(OC[C@@H](O)Cn2ccnn2)cc1)c1ccc(OC[C@@H](O)CCl)cc1. The lowest BCUT2D eigenvalue weighted by Gasteiger charge is -2.26. The monoisotopic (exact) mass is 445 g/mol. The fourth-order valence-electron chi connectivity index (χ4n) is 3.13. The Morgan fingerprint density at radius 3 is 1.87 bits per heavy atom. The maximum atomic E-state index is 10.1. The van der Waals surface area contributed by atoms with E-state index in [2.05, 4.69) is 24.2 Å². The molecule has 2 N–H and O–H groups in total. The van der Waals surface area contributed by atoms with Crippen LogP contribution in [-0.4, -0.2) is 56.5 Å². The quantitative estimate of drug-likeness (QED) is 0.441. The van der Waals surface area contributed by atoms with Gasteiger partial charge in [0.1, 0.15) is 36.9 Å². The molecule has 31 heavy (non-hydrogen) atoms. The van der Waals surface area contributed by atoms with Gasteiger partial charge in [-0.2, -0.15) is 0 Å². The van der Waals surface area contributed by atoms with Crippen LogP contribution in [0.3, 0.4) is 0 Å². The van der Waals surface area contributed by atoms with Crippen LogP contribution < -0.4 is 9.47 Å². The van der Waals surface area contributed by atoms with Crippen molar-refractivity contribution in [2.24, 2.45) is 0 Å². The molecule has 3 aromatic rings. The van der Waals surface area contributed by atoms with Crippen molar-refractivity contribution in [3.8, 4) is 11.5 Å². The van der Waals surface area contributed by atoms with Gasteiger partial charge in [0, 0.05) is 11.6 Å². The number of aromatic nitrogens is 3. The first-order chi connectivity index (χ1) is 14.9. The normalized spacial score (nSPS) is 13.6. The lowest BCUT2D eigenvalue weighted by molar-refractivity contribution is 0.0888. The van der Waals surface area contributed by atoms with Crippen molar-refractivity contribution >= 4 is 11.6 Å². The maximum Gasteiger partial charge on any atom is 0.119 e. The summed E-state index contributed by atoms with van der Waals surface area (Å²) in [6.45, 7) is 4.97. The lowest BCUT2D eigenvalue weighted by Crippen LogP contribution is -2.24. The third-order valence-electron chi connectivity index (χ3n) is 5.08. The van der Waals surface area contributed by atoms with Crippen LogP contribution in [0, 0.1) is 0 Å². The van der Waals surface area contributed by atoms with Crippen molar-refractivity contribution in [1.29, 1.82) is 0 Å². The van der Waals surface area contributed by atoms with Crippen LogP contribution in [0.5, 0.6) is 11.5 Å². The zero-order chi connectivity index (χ0) is 22.3. The molecule has 1 heterocycles. The number of nitrogens with zero attached hydrogens (tertiary/aromatic N) is 3. The molecule has 3 rings (SSSR count). The molecule has 0 spiro atoms. The molecule has 0 aliphatic carbocycles. The average molecular weight is 446 g/mol. The van der Waals surface area contributed by atoms with Crippen LogP contribution in [0.25, 0.3) is 0 Å². The number of ether oxygens (including phenoxy) is 2. The minimum absolute atomic E-state index is 0.144. The molecule has 7 nitrogen and oxygen atoms in total. The van der Waals surface area contributed by atoms with Crippen LogP contribution in [-0.2, 0) is 12.0 Å². The minimum atomic E-state index is -0.679. The molecule has 0 radical (unpaired) electrons. The Labute approximate surface area is 187 Å². The van der Waals surface area contributed by atoms with Crippen LogP contribution in [0.4, 0.5) is 0 Å². The molecule has 166 valence electrons. The topological polar surface area (TPSA) is 89.6 Å². The van der Waals surface area contributed by atoms with Gasteiger partial charge < -0.3 is 19.7 Å². The summed E-state index contributed by atoms with van der Waals surface area (Å²) in [7, 11) is 0. The summed E-state index contributed by atoms with van der Waals surface area (Å²) < 4.78 is 12.8. The highest BCUT2D eigenvalue weighted by Gasteiger charge is 2.23. The second-order valence-electron chi connectivity index (χ2n) is 7.88. The molecule has 8 heteroatoms. The first kappa shape index (κ1) is 23.1. The van der Waals surface area contributed by atoms with Gasteiger partial charge >= 0.3 is 0 Å². The summed E-state index contributed by atoms with van der Waals surface area (Å²) in [4.78, 5) is 0. The third kappa shape index (κ3) is 6.43. The van der Waals surface area contributed by atoms with Gasteiger partial charge in [-0.05, 0) is 35.4 Å². The largest absolute Gasteiger partial charge is 0.491 e. The van der Waals surface area contributed by atoms with Crippen molar-refractivity contribution in [3.63, 3.8) is 0 Å². The number of aliphatic hydroxyl groups excluding tert-OH is 2. The molecule has 0 aliphatic rings. The van der Waals surface area contributed by atoms with Gasteiger partial charge in [0.15, 0.2) is 0 Å². The van der Waals surface area contributed by atoms with E-state index in [0.717, 1.165) is 11.1 Å².